The predicted molar refractivity (Wildman–Crippen MR) is 73.4 cm³/mol. The first kappa shape index (κ1) is 14.7. The fourth-order valence-electron chi connectivity index (χ4n) is 1.56. The van der Waals surface area contributed by atoms with Crippen molar-refractivity contribution in [3.63, 3.8) is 0 Å². The zero-order valence-corrected chi connectivity index (χ0v) is 11.9. The van der Waals surface area contributed by atoms with Gasteiger partial charge in [-0.2, -0.15) is 0 Å². The molecule has 0 saturated carbocycles. The minimum absolute atomic E-state index is 0.0634. The van der Waals surface area contributed by atoms with Crippen molar-refractivity contribution < 1.29 is 17.2 Å². The van der Waals surface area contributed by atoms with Crippen LogP contribution in [-0.2, 0) is 10.0 Å². The highest BCUT2D eigenvalue weighted by atomic mass is 35.5. The maximum atomic E-state index is 13.4. The minimum atomic E-state index is -4.01. The Bertz CT molecular complexity index is 763. The van der Waals surface area contributed by atoms with Crippen LogP contribution in [0.1, 0.15) is 5.56 Å². The van der Waals surface area contributed by atoms with E-state index in [4.69, 9.17) is 11.6 Å². The van der Waals surface area contributed by atoms with E-state index in [-0.39, 0.29) is 15.6 Å². The fourth-order valence-corrected chi connectivity index (χ4v) is 3.14. The second kappa shape index (κ2) is 5.38. The van der Waals surface area contributed by atoms with E-state index >= 15 is 0 Å². The van der Waals surface area contributed by atoms with Crippen LogP contribution in [0, 0.1) is 18.6 Å². The van der Waals surface area contributed by atoms with Crippen LogP contribution in [0.2, 0.25) is 5.02 Å². The number of sulfonamides is 1. The summed E-state index contributed by atoms with van der Waals surface area (Å²) in [4.78, 5) is -0.276. The standard InChI is InChI=1S/C13H10ClF2NO2S/c1-8-2-4-10(7-12(8)16)17-20(18,19)13-5-3-9(15)6-11(13)14/h2-7,17H,1H3. The van der Waals surface area contributed by atoms with Gasteiger partial charge in [0, 0.05) is 0 Å². The molecule has 0 radical (unpaired) electrons. The van der Waals surface area contributed by atoms with Crippen LogP contribution >= 0.6 is 11.6 Å². The van der Waals surface area contributed by atoms with Gasteiger partial charge in [-0.05, 0) is 42.8 Å². The molecule has 7 heteroatoms. The number of aryl methyl sites for hydroxylation is 1. The lowest BCUT2D eigenvalue weighted by Gasteiger charge is -2.10. The van der Waals surface area contributed by atoms with Crippen LogP contribution in [0.25, 0.3) is 0 Å². The molecule has 2 rings (SSSR count). The molecule has 0 bridgehead atoms. The monoisotopic (exact) mass is 317 g/mol. The van der Waals surface area contributed by atoms with Crippen molar-refractivity contribution in [2.45, 2.75) is 11.8 Å². The summed E-state index contributed by atoms with van der Waals surface area (Å²) in [5.74, 6) is -1.18. The minimum Gasteiger partial charge on any atom is -0.279 e. The molecule has 0 aromatic heterocycles. The molecule has 0 aliphatic carbocycles. The lowest BCUT2D eigenvalue weighted by molar-refractivity contribution is 0.599. The number of hydrogen-bond acceptors (Lipinski definition) is 2. The lowest BCUT2D eigenvalue weighted by Crippen LogP contribution is -2.13. The first-order chi connectivity index (χ1) is 9.29. The highest BCUT2D eigenvalue weighted by molar-refractivity contribution is 7.92. The van der Waals surface area contributed by atoms with Gasteiger partial charge in [-0.1, -0.05) is 17.7 Å². The normalized spacial score (nSPS) is 11.4. The van der Waals surface area contributed by atoms with Gasteiger partial charge >= 0.3 is 0 Å². The largest absolute Gasteiger partial charge is 0.279 e. The molecular formula is C13H10ClF2NO2S. The smallest absolute Gasteiger partial charge is 0.263 e. The van der Waals surface area contributed by atoms with Gasteiger partial charge in [-0.3, -0.25) is 4.72 Å². The van der Waals surface area contributed by atoms with E-state index in [2.05, 4.69) is 4.72 Å². The van der Waals surface area contributed by atoms with Gasteiger partial charge in [-0.15, -0.1) is 0 Å². The third-order valence-electron chi connectivity index (χ3n) is 2.61. The van der Waals surface area contributed by atoms with Crippen molar-refractivity contribution in [2.75, 3.05) is 4.72 Å². The maximum Gasteiger partial charge on any atom is 0.263 e. The summed E-state index contributed by atoms with van der Waals surface area (Å²) in [5, 5.41) is -0.245. The molecular weight excluding hydrogens is 308 g/mol. The van der Waals surface area contributed by atoms with Gasteiger partial charge in [0.05, 0.1) is 10.7 Å². The molecule has 2 aromatic carbocycles. The number of hydrogen-bond donors (Lipinski definition) is 1. The van der Waals surface area contributed by atoms with Crippen molar-refractivity contribution >= 4 is 27.3 Å². The van der Waals surface area contributed by atoms with Gasteiger partial charge in [-0.25, -0.2) is 17.2 Å². The van der Waals surface area contributed by atoms with Crippen molar-refractivity contribution in [3.05, 3.63) is 58.6 Å². The summed E-state index contributed by atoms with van der Waals surface area (Å²) in [6, 6.07) is 6.85. The molecule has 0 atom stereocenters. The van der Waals surface area contributed by atoms with Crippen molar-refractivity contribution in [1.82, 2.24) is 0 Å². The zero-order valence-electron chi connectivity index (χ0n) is 10.3. The molecule has 0 spiro atoms. The summed E-state index contributed by atoms with van der Waals surface area (Å²) in [6.45, 7) is 1.56. The van der Waals surface area contributed by atoms with Gasteiger partial charge in [0.15, 0.2) is 0 Å². The van der Waals surface area contributed by atoms with Gasteiger partial charge < -0.3 is 0 Å². The van der Waals surface area contributed by atoms with Crippen molar-refractivity contribution in [3.8, 4) is 0 Å². The predicted octanol–water partition coefficient (Wildman–Crippen LogP) is 3.73. The molecule has 106 valence electrons. The maximum absolute atomic E-state index is 13.4. The van der Waals surface area contributed by atoms with E-state index < -0.39 is 21.7 Å². The Balaban J connectivity index is 2.38. The summed E-state index contributed by atoms with van der Waals surface area (Å²) in [5.41, 5.74) is 0.459. The number of rotatable bonds is 3. The molecule has 0 aliphatic heterocycles. The lowest BCUT2D eigenvalue weighted by atomic mass is 10.2. The highest BCUT2D eigenvalue weighted by Crippen LogP contribution is 2.25. The van der Waals surface area contributed by atoms with Crippen molar-refractivity contribution in [1.29, 1.82) is 0 Å². The van der Waals surface area contributed by atoms with Crippen LogP contribution in [0.4, 0.5) is 14.5 Å². The summed E-state index contributed by atoms with van der Waals surface area (Å²) < 4.78 is 52.7. The molecule has 0 heterocycles. The van der Waals surface area contributed by atoms with E-state index in [9.17, 15) is 17.2 Å². The molecule has 0 aliphatic rings. The Hall–Kier alpha value is -1.66. The van der Waals surface area contributed by atoms with Crippen LogP contribution in [0.5, 0.6) is 0 Å². The molecule has 0 fully saturated rings. The van der Waals surface area contributed by atoms with Gasteiger partial charge in [0.2, 0.25) is 0 Å². The third kappa shape index (κ3) is 3.08. The average Bonchev–Trinajstić information content (AvgIpc) is 2.33. The number of halogens is 3. The molecule has 1 N–H and O–H groups in total. The number of nitrogens with one attached hydrogen (secondary N) is 1. The van der Waals surface area contributed by atoms with E-state index in [0.29, 0.717) is 5.56 Å². The van der Waals surface area contributed by atoms with E-state index in [1.807, 2.05) is 0 Å². The van der Waals surface area contributed by atoms with Gasteiger partial charge in [0.1, 0.15) is 16.5 Å². The Morgan fingerprint density at radius 1 is 1.10 bits per heavy atom. The summed E-state index contributed by atoms with van der Waals surface area (Å²) in [6.07, 6.45) is 0. The topological polar surface area (TPSA) is 46.2 Å². The summed E-state index contributed by atoms with van der Waals surface area (Å²) >= 11 is 5.70. The zero-order chi connectivity index (χ0) is 14.9. The Morgan fingerprint density at radius 3 is 2.40 bits per heavy atom. The molecule has 0 saturated heterocycles. The molecule has 20 heavy (non-hydrogen) atoms. The Morgan fingerprint density at radius 2 is 1.80 bits per heavy atom. The molecule has 3 nitrogen and oxygen atoms in total. The Kier molecular flexibility index (Phi) is 3.96. The second-order valence-electron chi connectivity index (χ2n) is 4.14. The van der Waals surface area contributed by atoms with E-state index in [1.54, 1.807) is 6.92 Å². The van der Waals surface area contributed by atoms with E-state index in [1.165, 1.54) is 12.1 Å². The fraction of sp³-hybridized carbons (Fsp3) is 0.0769. The molecule has 0 unspecified atom stereocenters. The number of anilines is 1. The van der Waals surface area contributed by atoms with Crippen LogP contribution in [0.3, 0.4) is 0 Å². The molecule has 2 aromatic rings. The second-order valence-corrected chi connectivity index (χ2v) is 6.20. The van der Waals surface area contributed by atoms with Crippen LogP contribution in [-0.4, -0.2) is 8.42 Å². The van der Waals surface area contributed by atoms with Gasteiger partial charge in [0.25, 0.3) is 10.0 Å². The summed E-state index contributed by atoms with van der Waals surface area (Å²) in [7, 11) is -4.01. The Labute approximate surface area is 120 Å². The van der Waals surface area contributed by atoms with Crippen molar-refractivity contribution in [2.24, 2.45) is 0 Å². The number of benzene rings is 2. The van der Waals surface area contributed by atoms with E-state index in [0.717, 1.165) is 24.3 Å². The SMILES string of the molecule is Cc1ccc(NS(=O)(=O)c2ccc(F)cc2Cl)cc1F. The van der Waals surface area contributed by atoms with Crippen LogP contribution < -0.4 is 4.72 Å². The average molecular weight is 318 g/mol. The first-order valence-corrected chi connectivity index (χ1v) is 7.40. The van der Waals surface area contributed by atoms with Crippen LogP contribution in [0.15, 0.2) is 41.3 Å². The highest BCUT2D eigenvalue weighted by Gasteiger charge is 2.18. The third-order valence-corrected chi connectivity index (χ3v) is 4.47. The quantitative estimate of drug-likeness (QED) is 0.937. The first-order valence-electron chi connectivity index (χ1n) is 5.53. The molecule has 0 amide bonds.